The van der Waals surface area contributed by atoms with Gasteiger partial charge in [-0.1, -0.05) is 51.1 Å². The molecule has 0 radical (unpaired) electrons. The zero-order valence-electron chi connectivity index (χ0n) is 23.5. The van der Waals surface area contributed by atoms with Gasteiger partial charge in [0.15, 0.2) is 0 Å². The molecular weight excluding hydrogens is 548 g/mol. The van der Waals surface area contributed by atoms with Crippen molar-refractivity contribution in [2.24, 2.45) is 17.8 Å². The molecule has 1 saturated carbocycles. The van der Waals surface area contributed by atoms with Gasteiger partial charge in [0, 0.05) is 23.0 Å². The Kier molecular flexibility index (Phi) is 10.4. The molecule has 1 aromatic carbocycles. The summed E-state index contributed by atoms with van der Waals surface area (Å²) in [5.74, 6) is -1.24. The summed E-state index contributed by atoms with van der Waals surface area (Å²) in [5.41, 5.74) is 1.02. The first-order valence-electron chi connectivity index (χ1n) is 14.4. The molecule has 4 atom stereocenters. The van der Waals surface area contributed by atoms with Gasteiger partial charge in [-0.25, -0.2) is 0 Å². The third-order valence-corrected chi connectivity index (χ3v) is 8.32. The number of benzene rings is 1. The second kappa shape index (κ2) is 14.0. The van der Waals surface area contributed by atoms with E-state index in [1.807, 2.05) is 13.8 Å². The lowest BCUT2D eigenvalue weighted by molar-refractivity contribution is -0.133. The number of aldehydes is 1. The van der Waals surface area contributed by atoms with Crippen molar-refractivity contribution >= 4 is 47.6 Å². The number of hydrogen-bond donors (Lipinski definition) is 4. The highest BCUT2D eigenvalue weighted by atomic mass is 35.5. The fourth-order valence-electron chi connectivity index (χ4n) is 5.73. The highest BCUT2D eigenvalue weighted by Crippen LogP contribution is 2.30. The average Bonchev–Trinajstić information content (AvgIpc) is 3.61. The zero-order valence-corrected chi connectivity index (χ0v) is 24.3. The second-order valence-electron chi connectivity index (χ2n) is 11.5. The van der Waals surface area contributed by atoms with Gasteiger partial charge in [0.1, 0.15) is 30.7 Å². The summed E-state index contributed by atoms with van der Waals surface area (Å²) < 4.78 is 5.69. The molecule has 1 aliphatic carbocycles. The van der Waals surface area contributed by atoms with E-state index in [4.69, 9.17) is 16.3 Å². The van der Waals surface area contributed by atoms with Crippen molar-refractivity contribution in [1.29, 1.82) is 0 Å². The molecule has 2 aliphatic heterocycles. The molecule has 1 saturated heterocycles. The molecule has 4 rings (SSSR count). The van der Waals surface area contributed by atoms with Crippen LogP contribution in [-0.2, 0) is 24.0 Å². The number of rotatable bonds is 12. The highest BCUT2D eigenvalue weighted by molar-refractivity contribution is 6.30. The normalized spacial score (nSPS) is 20.6. The van der Waals surface area contributed by atoms with E-state index in [0.717, 1.165) is 25.7 Å². The van der Waals surface area contributed by atoms with Gasteiger partial charge in [-0.15, -0.1) is 0 Å². The Balaban J connectivity index is 1.44. The Bertz CT molecular complexity index is 1200. The molecule has 3 aliphatic rings. The van der Waals surface area contributed by atoms with E-state index in [-0.39, 0.29) is 36.7 Å². The highest BCUT2D eigenvalue weighted by Gasteiger charge is 2.34. The quantitative estimate of drug-likeness (QED) is 0.277. The summed E-state index contributed by atoms with van der Waals surface area (Å²) in [4.78, 5) is 63.8. The van der Waals surface area contributed by atoms with E-state index < -0.39 is 35.8 Å². The number of hydrogen-bond acceptors (Lipinski definition) is 6. The minimum Gasteiger partial charge on any atom is -0.488 e. The monoisotopic (exact) mass is 586 g/mol. The smallest absolute Gasteiger partial charge is 0.251 e. The minimum absolute atomic E-state index is 0.0473. The molecule has 2 heterocycles. The number of carbonyl (C=O) groups excluding carboxylic acids is 5. The number of halogens is 1. The van der Waals surface area contributed by atoms with Gasteiger partial charge in [-0.05, 0) is 55.4 Å². The van der Waals surface area contributed by atoms with Crippen molar-refractivity contribution in [2.75, 3.05) is 13.2 Å². The van der Waals surface area contributed by atoms with Gasteiger partial charge < -0.3 is 30.8 Å². The standard InChI is InChI=1S/C30H39ClN4O6/c1-17(2)26(35-28(38)21-12-20-13-22(31)7-8-25(20)41-16-21)30(40)34-24(11-18-5-3-4-6-18)29(39)33-23(15-36)14-19-9-10-32-27(19)37/h7-8,12-13,15,17-19,23-24,26H,3-6,9-11,14,16H2,1-2H3,(H,32,37)(H,33,39)(H,34,40)(H,35,38)/t19-,23-,24-,26?/m0/s1. The third-order valence-electron chi connectivity index (χ3n) is 8.08. The molecule has 2 fully saturated rings. The summed E-state index contributed by atoms with van der Waals surface area (Å²) in [6.07, 6.45) is 7.64. The van der Waals surface area contributed by atoms with Gasteiger partial charge in [-0.2, -0.15) is 0 Å². The molecule has 10 nitrogen and oxygen atoms in total. The van der Waals surface area contributed by atoms with Crippen LogP contribution in [0.25, 0.3) is 6.08 Å². The predicted octanol–water partition coefficient (Wildman–Crippen LogP) is 2.53. The van der Waals surface area contributed by atoms with E-state index in [1.54, 1.807) is 24.3 Å². The molecule has 1 unspecified atom stereocenters. The van der Waals surface area contributed by atoms with Crippen LogP contribution in [0.1, 0.15) is 64.4 Å². The first-order valence-corrected chi connectivity index (χ1v) is 14.8. The van der Waals surface area contributed by atoms with Crippen molar-refractivity contribution < 1.29 is 28.7 Å². The average molecular weight is 587 g/mol. The van der Waals surface area contributed by atoms with Crippen molar-refractivity contribution in [1.82, 2.24) is 21.3 Å². The van der Waals surface area contributed by atoms with Crippen LogP contribution in [-0.4, -0.2) is 61.2 Å². The summed E-state index contributed by atoms with van der Waals surface area (Å²) in [6.45, 7) is 4.22. The molecule has 0 spiro atoms. The van der Waals surface area contributed by atoms with Gasteiger partial charge in [0.2, 0.25) is 17.7 Å². The Morgan fingerprint density at radius 1 is 1.07 bits per heavy atom. The lowest BCUT2D eigenvalue weighted by atomic mass is 9.95. The molecule has 41 heavy (non-hydrogen) atoms. The lowest BCUT2D eigenvalue weighted by Gasteiger charge is -2.28. The predicted molar refractivity (Wildman–Crippen MR) is 154 cm³/mol. The van der Waals surface area contributed by atoms with Gasteiger partial charge in [0.05, 0.1) is 11.6 Å². The molecule has 0 bridgehead atoms. The summed E-state index contributed by atoms with van der Waals surface area (Å²) in [6, 6.07) is 2.52. The molecule has 0 aromatic heterocycles. The van der Waals surface area contributed by atoms with Crippen LogP contribution >= 0.6 is 11.6 Å². The fraction of sp³-hybridized carbons (Fsp3) is 0.567. The lowest BCUT2D eigenvalue weighted by Crippen LogP contribution is -2.57. The summed E-state index contributed by atoms with van der Waals surface area (Å²) in [5, 5.41) is 11.7. The molecule has 222 valence electrons. The fourth-order valence-corrected chi connectivity index (χ4v) is 5.91. The van der Waals surface area contributed by atoms with Crippen LogP contribution in [0.15, 0.2) is 23.8 Å². The molecule has 11 heteroatoms. The Labute approximate surface area is 245 Å². The van der Waals surface area contributed by atoms with Crippen molar-refractivity contribution in [3.8, 4) is 5.75 Å². The molecule has 4 amide bonds. The number of ether oxygens (including phenoxy) is 1. The van der Waals surface area contributed by atoms with Crippen molar-refractivity contribution in [3.05, 3.63) is 34.4 Å². The Hall–Kier alpha value is -3.40. The largest absolute Gasteiger partial charge is 0.488 e. The van der Waals surface area contributed by atoms with E-state index >= 15 is 0 Å². The van der Waals surface area contributed by atoms with Crippen LogP contribution in [0, 0.1) is 17.8 Å². The van der Waals surface area contributed by atoms with Gasteiger partial charge in [-0.3, -0.25) is 19.2 Å². The first kappa shape index (κ1) is 30.6. The van der Waals surface area contributed by atoms with Crippen LogP contribution in [0.3, 0.4) is 0 Å². The number of carbonyl (C=O) groups is 5. The van der Waals surface area contributed by atoms with E-state index in [0.29, 0.717) is 47.6 Å². The maximum Gasteiger partial charge on any atom is 0.251 e. The summed E-state index contributed by atoms with van der Waals surface area (Å²) in [7, 11) is 0. The number of fused-ring (bicyclic) bond motifs is 1. The molecule has 4 N–H and O–H groups in total. The van der Waals surface area contributed by atoms with E-state index in [9.17, 15) is 24.0 Å². The van der Waals surface area contributed by atoms with Crippen molar-refractivity contribution in [2.45, 2.75) is 76.9 Å². The second-order valence-corrected chi connectivity index (χ2v) is 12.0. The van der Waals surface area contributed by atoms with Gasteiger partial charge in [0.25, 0.3) is 5.91 Å². The topological polar surface area (TPSA) is 143 Å². The SMILES string of the molecule is CC(C)C(NC(=O)C1=Cc2cc(Cl)ccc2OC1)C(=O)N[C@@H](CC1CCCC1)C(=O)N[C@H](C=O)C[C@@H]1CCNC1=O. The molecular formula is C30H39ClN4O6. The van der Waals surface area contributed by atoms with Crippen molar-refractivity contribution in [3.63, 3.8) is 0 Å². The minimum atomic E-state index is -0.910. The molecule has 1 aromatic rings. The Morgan fingerprint density at radius 2 is 1.83 bits per heavy atom. The maximum absolute atomic E-state index is 13.5. The van der Waals surface area contributed by atoms with Crippen LogP contribution < -0.4 is 26.0 Å². The zero-order chi connectivity index (χ0) is 29.5. The number of nitrogens with one attached hydrogen (secondary N) is 4. The Morgan fingerprint density at radius 3 is 2.49 bits per heavy atom. The third kappa shape index (κ3) is 8.09. The van der Waals surface area contributed by atoms with Gasteiger partial charge >= 0.3 is 0 Å². The van der Waals surface area contributed by atoms with Crippen LogP contribution in [0.4, 0.5) is 0 Å². The van der Waals surface area contributed by atoms with E-state index in [1.165, 1.54) is 0 Å². The first-order chi connectivity index (χ1) is 19.6. The van der Waals surface area contributed by atoms with Crippen LogP contribution in [0.5, 0.6) is 5.75 Å². The van der Waals surface area contributed by atoms with E-state index in [2.05, 4.69) is 21.3 Å². The maximum atomic E-state index is 13.5. The number of amides is 4. The summed E-state index contributed by atoms with van der Waals surface area (Å²) >= 11 is 6.09. The van der Waals surface area contributed by atoms with Crippen LogP contribution in [0.2, 0.25) is 5.02 Å².